The maximum absolute atomic E-state index is 13.8. The summed E-state index contributed by atoms with van der Waals surface area (Å²) < 4.78 is 43.6. The minimum atomic E-state index is -0.659. The molecule has 0 aromatic heterocycles. The van der Waals surface area contributed by atoms with E-state index in [0.29, 0.717) is 48.9 Å². The van der Waals surface area contributed by atoms with Crippen LogP contribution in [0.25, 0.3) is 0 Å². The molecule has 1 unspecified atom stereocenters. The molecule has 0 spiro atoms. The van der Waals surface area contributed by atoms with Crippen molar-refractivity contribution in [2.75, 3.05) is 33.1 Å². The van der Waals surface area contributed by atoms with Crippen LogP contribution in [0.1, 0.15) is 17.2 Å². The SMILES string of the molecule is Oc1cc2c(cc1C(c1cc(F)cc(F)c1)N1CCOCC1)OCO2. The summed E-state index contributed by atoms with van der Waals surface area (Å²) >= 11 is 0. The molecule has 0 bridgehead atoms. The number of ether oxygens (including phenoxy) is 3. The maximum atomic E-state index is 13.8. The number of morpholine rings is 1. The highest BCUT2D eigenvalue weighted by molar-refractivity contribution is 5.54. The fraction of sp³-hybridized carbons (Fsp3) is 0.333. The van der Waals surface area contributed by atoms with Crippen molar-refractivity contribution in [3.63, 3.8) is 0 Å². The van der Waals surface area contributed by atoms with Crippen molar-refractivity contribution in [1.29, 1.82) is 0 Å². The van der Waals surface area contributed by atoms with Crippen LogP contribution in [0.4, 0.5) is 8.78 Å². The van der Waals surface area contributed by atoms with E-state index >= 15 is 0 Å². The van der Waals surface area contributed by atoms with Crippen molar-refractivity contribution >= 4 is 0 Å². The Kier molecular flexibility index (Phi) is 4.19. The van der Waals surface area contributed by atoms with Crippen LogP contribution in [0.2, 0.25) is 0 Å². The predicted octanol–water partition coefficient (Wildman–Crippen LogP) is 2.82. The summed E-state index contributed by atoms with van der Waals surface area (Å²) in [6.45, 7) is 2.27. The number of rotatable bonds is 3. The van der Waals surface area contributed by atoms with Crippen LogP contribution in [-0.4, -0.2) is 43.1 Å². The molecular weight excluding hydrogens is 332 g/mol. The van der Waals surface area contributed by atoms with Crippen LogP contribution < -0.4 is 9.47 Å². The van der Waals surface area contributed by atoms with E-state index in [-0.39, 0.29) is 12.5 Å². The van der Waals surface area contributed by atoms with E-state index in [0.717, 1.165) is 6.07 Å². The van der Waals surface area contributed by atoms with Gasteiger partial charge in [-0.2, -0.15) is 0 Å². The third kappa shape index (κ3) is 3.12. The summed E-state index contributed by atoms with van der Waals surface area (Å²) in [6.07, 6.45) is 0. The zero-order chi connectivity index (χ0) is 17.4. The first-order chi connectivity index (χ1) is 12.1. The molecule has 1 fully saturated rings. The molecule has 1 N–H and O–H groups in total. The van der Waals surface area contributed by atoms with E-state index in [1.54, 1.807) is 6.07 Å². The van der Waals surface area contributed by atoms with Gasteiger partial charge in [-0.05, 0) is 23.8 Å². The topological polar surface area (TPSA) is 51.2 Å². The Morgan fingerprint density at radius 3 is 2.24 bits per heavy atom. The standard InChI is InChI=1S/C18H17F2NO4/c19-12-5-11(6-13(20)7-12)18(21-1-3-23-4-2-21)14-8-16-17(9-15(14)22)25-10-24-16/h5-9,18,22H,1-4,10H2. The summed E-state index contributed by atoms with van der Waals surface area (Å²) in [5.74, 6) is -0.372. The predicted molar refractivity (Wildman–Crippen MR) is 84.8 cm³/mol. The quantitative estimate of drug-likeness (QED) is 0.924. The largest absolute Gasteiger partial charge is 0.507 e. The van der Waals surface area contributed by atoms with Gasteiger partial charge in [-0.3, -0.25) is 4.90 Å². The number of nitrogens with zero attached hydrogens (tertiary/aromatic N) is 1. The first kappa shape index (κ1) is 16.1. The second-order valence-electron chi connectivity index (χ2n) is 6.02. The van der Waals surface area contributed by atoms with Crippen molar-refractivity contribution in [3.05, 3.63) is 53.1 Å². The van der Waals surface area contributed by atoms with Crippen molar-refractivity contribution < 1.29 is 28.1 Å². The molecule has 0 amide bonds. The van der Waals surface area contributed by atoms with Gasteiger partial charge >= 0.3 is 0 Å². The van der Waals surface area contributed by atoms with Gasteiger partial charge in [0.15, 0.2) is 11.5 Å². The Balaban J connectivity index is 1.83. The molecule has 7 heteroatoms. The third-order valence-electron chi connectivity index (χ3n) is 4.43. The summed E-state index contributed by atoms with van der Waals surface area (Å²) in [5.41, 5.74) is 0.935. The molecule has 1 saturated heterocycles. The lowest BCUT2D eigenvalue weighted by molar-refractivity contribution is 0.0234. The molecule has 132 valence electrons. The van der Waals surface area contributed by atoms with Crippen LogP contribution in [0.3, 0.4) is 0 Å². The highest BCUT2D eigenvalue weighted by Gasteiger charge is 2.29. The van der Waals surface area contributed by atoms with Gasteiger partial charge in [0, 0.05) is 30.8 Å². The van der Waals surface area contributed by atoms with Crippen LogP contribution in [-0.2, 0) is 4.74 Å². The fourth-order valence-electron chi connectivity index (χ4n) is 3.32. The number of phenolic OH excluding ortho intramolecular Hbond substituents is 1. The maximum Gasteiger partial charge on any atom is 0.231 e. The average Bonchev–Trinajstić information content (AvgIpc) is 3.02. The van der Waals surface area contributed by atoms with Crippen LogP contribution in [0.5, 0.6) is 17.2 Å². The minimum Gasteiger partial charge on any atom is -0.507 e. The first-order valence-electron chi connectivity index (χ1n) is 8.02. The molecule has 2 aliphatic heterocycles. The van der Waals surface area contributed by atoms with Crippen LogP contribution in [0, 0.1) is 11.6 Å². The van der Waals surface area contributed by atoms with Gasteiger partial charge < -0.3 is 19.3 Å². The van der Waals surface area contributed by atoms with Gasteiger partial charge in [-0.1, -0.05) is 0 Å². The first-order valence-corrected chi connectivity index (χ1v) is 8.02. The van der Waals surface area contributed by atoms with E-state index in [9.17, 15) is 13.9 Å². The highest BCUT2D eigenvalue weighted by atomic mass is 19.1. The van der Waals surface area contributed by atoms with E-state index in [2.05, 4.69) is 0 Å². The monoisotopic (exact) mass is 349 g/mol. The number of hydrogen-bond acceptors (Lipinski definition) is 5. The molecule has 2 heterocycles. The molecule has 5 nitrogen and oxygen atoms in total. The Hall–Kier alpha value is -2.38. The number of phenols is 1. The second-order valence-corrected chi connectivity index (χ2v) is 6.02. The highest BCUT2D eigenvalue weighted by Crippen LogP contribution is 2.43. The van der Waals surface area contributed by atoms with E-state index in [1.807, 2.05) is 4.90 Å². The number of fused-ring (bicyclic) bond motifs is 1. The van der Waals surface area contributed by atoms with Gasteiger partial charge in [-0.25, -0.2) is 8.78 Å². The molecule has 1 atom stereocenters. The smallest absolute Gasteiger partial charge is 0.231 e. The van der Waals surface area contributed by atoms with Crippen molar-refractivity contribution in [1.82, 2.24) is 4.90 Å². The second kappa shape index (κ2) is 6.50. The molecule has 2 aromatic carbocycles. The van der Waals surface area contributed by atoms with Crippen LogP contribution >= 0.6 is 0 Å². The van der Waals surface area contributed by atoms with E-state index in [1.165, 1.54) is 18.2 Å². The minimum absolute atomic E-state index is 0.00888. The van der Waals surface area contributed by atoms with Crippen molar-refractivity contribution in [2.45, 2.75) is 6.04 Å². The molecule has 25 heavy (non-hydrogen) atoms. The lowest BCUT2D eigenvalue weighted by Gasteiger charge is -2.35. The van der Waals surface area contributed by atoms with Crippen LogP contribution in [0.15, 0.2) is 30.3 Å². The van der Waals surface area contributed by atoms with Gasteiger partial charge in [0.2, 0.25) is 6.79 Å². The van der Waals surface area contributed by atoms with E-state index in [4.69, 9.17) is 14.2 Å². The molecule has 0 radical (unpaired) electrons. The summed E-state index contributed by atoms with van der Waals surface area (Å²) in [5, 5.41) is 10.5. The number of halogens is 2. The number of benzene rings is 2. The van der Waals surface area contributed by atoms with Gasteiger partial charge in [-0.15, -0.1) is 0 Å². The molecule has 2 aliphatic rings. The van der Waals surface area contributed by atoms with Crippen molar-refractivity contribution in [2.24, 2.45) is 0 Å². The summed E-state index contributed by atoms with van der Waals surface area (Å²) in [7, 11) is 0. The molecule has 2 aromatic rings. The molecule has 4 rings (SSSR count). The summed E-state index contributed by atoms with van der Waals surface area (Å²) in [4.78, 5) is 2.02. The number of hydrogen-bond donors (Lipinski definition) is 1. The lowest BCUT2D eigenvalue weighted by Crippen LogP contribution is -2.39. The third-order valence-corrected chi connectivity index (χ3v) is 4.43. The molecule has 0 saturated carbocycles. The zero-order valence-corrected chi connectivity index (χ0v) is 13.4. The van der Waals surface area contributed by atoms with Gasteiger partial charge in [0.25, 0.3) is 0 Å². The summed E-state index contributed by atoms with van der Waals surface area (Å²) in [6, 6.07) is 6.02. The Bertz CT molecular complexity index is 773. The average molecular weight is 349 g/mol. The number of aromatic hydroxyl groups is 1. The van der Waals surface area contributed by atoms with Gasteiger partial charge in [0.1, 0.15) is 17.4 Å². The van der Waals surface area contributed by atoms with Crippen molar-refractivity contribution in [3.8, 4) is 17.2 Å². The lowest BCUT2D eigenvalue weighted by atomic mass is 9.95. The Labute approximate surface area is 143 Å². The Morgan fingerprint density at radius 2 is 1.56 bits per heavy atom. The Morgan fingerprint density at radius 1 is 0.920 bits per heavy atom. The fourth-order valence-corrected chi connectivity index (χ4v) is 3.32. The molecule has 0 aliphatic carbocycles. The molecular formula is C18H17F2NO4. The zero-order valence-electron chi connectivity index (χ0n) is 13.4. The van der Waals surface area contributed by atoms with Gasteiger partial charge in [0.05, 0.1) is 19.3 Å². The normalized spacial score (nSPS) is 18.3. The van der Waals surface area contributed by atoms with E-state index < -0.39 is 17.7 Å².